The molecule has 0 amide bonds. The summed E-state index contributed by atoms with van der Waals surface area (Å²) in [5.74, 6) is 0. The van der Waals surface area contributed by atoms with Gasteiger partial charge in [-0.25, -0.2) is 0 Å². The lowest BCUT2D eigenvalue weighted by Crippen LogP contribution is -2.20. The van der Waals surface area contributed by atoms with Crippen LogP contribution in [0.15, 0.2) is 0 Å². The lowest BCUT2D eigenvalue weighted by molar-refractivity contribution is -0.130. The second kappa shape index (κ2) is 3.76. The molecule has 0 aliphatic rings. The van der Waals surface area contributed by atoms with Gasteiger partial charge in [0.1, 0.15) is 6.73 Å². The van der Waals surface area contributed by atoms with Gasteiger partial charge in [0, 0.05) is 0 Å². The lowest BCUT2D eigenvalue weighted by atomic mass is 11.1. The minimum Gasteiger partial charge on any atom is -0.784 e. The van der Waals surface area contributed by atoms with Crippen molar-refractivity contribution in [3.63, 3.8) is 0 Å². The van der Waals surface area contributed by atoms with Crippen molar-refractivity contribution in [3.05, 3.63) is 10.4 Å². The van der Waals surface area contributed by atoms with Gasteiger partial charge in [0.15, 0.2) is 0 Å². The van der Waals surface area contributed by atoms with Gasteiger partial charge >= 0.3 is 0 Å². The van der Waals surface area contributed by atoms with E-state index in [9.17, 15) is 10.4 Å². The van der Waals surface area contributed by atoms with Crippen LogP contribution in [0, 0.1) is 10.4 Å². The summed E-state index contributed by atoms with van der Waals surface area (Å²) >= 11 is 0. The first-order chi connectivity index (χ1) is 3.63. The Kier molecular flexibility index (Phi) is 3.67. The fourth-order valence-corrected chi connectivity index (χ4v) is 0.163. The van der Waals surface area contributed by atoms with Crippen LogP contribution >= 0.6 is 0 Å². The first kappa shape index (κ1) is 7.80. The van der Waals surface area contributed by atoms with E-state index in [0.717, 1.165) is 0 Å². The molecular weight excluding hydrogens is 112 g/mol. The minimum atomic E-state index is -0.222. The van der Waals surface area contributed by atoms with Gasteiger partial charge in [-0.1, -0.05) is 0 Å². The van der Waals surface area contributed by atoms with Crippen LogP contribution < -0.4 is 0 Å². The third-order valence-electron chi connectivity index (χ3n) is 0.421. The molecule has 0 aliphatic carbocycles. The molecule has 0 atom stereocenters. The molecule has 50 valence electrons. The van der Waals surface area contributed by atoms with Crippen molar-refractivity contribution in [1.29, 1.82) is 0 Å². The fraction of sp³-hybridized carbons (Fsp3) is 1.00. The van der Waals surface area contributed by atoms with Crippen LogP contribution in [0.25, 0.3) is 0 Å². The summed E-state index contributed by atoms with van der Waals surface area (Å²) in [5, 5.41) is 20.6. The first-order valence-corrected chi connectivity index (χ1v) is 2.05. The molecule has 0 aliphatic heterocycles. The van der Waals surface area contributed by atoms with E-state index < -0.39 is 0 Å². The van der Waals surface area contributed by atoms with Crippen LogP contribution in [0.5, 0.6) is 0 Å². The van der Waals surface area contributed by atoms with Gasteiger partial charge in [0.05, 0.1) is 0 Å². The maximum Gasteiger partial charge on any atom is 0.108 e. The molecular formula is C3H8N2O3-2. The van der Waals surface area contributed by atoms with E-state index in [1.165, 1.54) is 14.1 Å². The number of hydroxylamine groups is 4. The molecule has 0 unspecified atom stereocenters. The molecule has 5 nitrogen and oxygen atoms in total. The predicted octanol–water partition coefficient (Wildman–Crippen LogP) is -0.265. The largest absolute Gasteiger partial charge is 0.784 e. The zero-order chi connectivity index (χ0) is 6.57. The van der Waals surface area contributed by atoms with Gasteiger partial charge in [-0.3, -0.25) is 10.1 Å². The molecule has 0 aromatic rings. The molecule has 0 bridgehead atoms. The molecule has 0 N–H and O–H groups in total. The molecule has 0 radical (unpaired) electrons. The highest BCUT2D eigenvalue weighted by Gasteiger charge is 1.79. The van der Waals surface area contributed by atoms with Crippen molar-refractivity contribution in [2.24, 2.45) is 0 Å². The molecule has 5 heteroatoms. The second-order valence-corrected chi connectivity index (χ2v) is 1.33. The average molecular weight is 120 g/mol. The Labute approximate surface area is 47.6 Å². The molecule has 0 saturated heterocycles. The van der Waals surface area contributed by atoms with Crippen molar-refractivity contribution in [2.75, 3.05) is 20.8 Å². The maximum atomic E-state index is 9.97. The van der Waals surface area contributed by atoms with E-state index >= 15 is 0 Å². The van der Waals surface area contributed by atoms with Gasteiger partial charge in [0.2, 0.25) is 0 Å². The maximum absolute atomic E-state index is 9.97. The smallest absolute Gasteiger partial charge is 0.108 e. The van der Waals surface area contributed by atoms with Crippen LogP contribution in [0.3, 0.4) is 0 Å². The number of nitrogens with zero attached hydrogens (tertiary/aromatic N) is 2. The van der Waals surface area contributed by atoms with E-state index in [-0.39, 0.29) is 12.0 Å². The standard InChI is InChI=1S/C3H8N2O3/c1-4(6)3-8-5(2)7/h3H2,1-2H3/q-2. The lowest BCUT2D eigenvalue weighted by Gasteiger charge is -2.28. The molecule has 0 fully saturated rings. The van der Waals surface area contributed by atoms with Crippen molar-refractivity contribution >= 4 is 0 Å². The average Bonchev–Trinajstić information content (AvgIpc) is 1.61. The number of hydrogen-bond acceptors (Lipinski definition) is 5. The van der Waals surface area contributed by atoms with E-state index in [1.54, 1.807) is 0 Å². The molecule has 0 saturated carbocycles. The highest BCUT2D eigenvalue weighted by molar-refractivity contribution is 4.36. The molecule has 0 heterocycles. The molecule has 0 rings (SSSR count). The summed E-state index contributed by atoms with van der Waals surface area (Å²) in [4.78, 5) is 4.19. The number of hydrogen-bond donors (Lipinski definition) is 0. The Morgan fingerprint density at radius 2 is 1.88 bits per heavy atom. The molecule has 0 spiro atoms. The second-order valence-electron chi connectivity index (χ2n) is 1.33. The summed E-state index contributed by atoms with van der Waals surface area (Å²) in [5.41, 5.74) is 0. The van der Waals surface area contributed by atoms with Gasteiger partial charge < -0.3 is 15.5 Å². The predicted molar refractivity (Wildman–Crippen MR) is 28.2 cm³/mol. The van der Waals surface area contributed by atoms with Gasteiger partial charge in [-0.15, -0.1) is 0 Å². The van der Waals surface area contributed by atoms with Crippen LogP contribution in [0.4, 0.5) is 0 Å². The SMILES string of the molecule is CN([O-])CON(C)[O-]. The normalized spacial score (nSPS) is 11.2. The highest BCUT2D eigenvalue weighted by Crippen LogP contribution is 1.81. The van der Waals surface area contributed by atoms with Gasteiger partial charge in [-0.05, 0) is 14.1 Å². The van der Waals surface area contributed by atoms with E-state index in [2.05, 4.69) is 4.84 Å². The Morgan fingerprint density at radius 1 is 1.38 bits per heavy atom. The summed E-state index contributed by atoms with van der Waals surface area (Å²) < 4.78 is 0. The van der Waals surface area contributed by atoms with E-state index in [0.29, 0.717) is 5.06 Å². The molecule has 0 aromatic carbocycles. The zero-order valence-corrected chi connectivity index (χ0v) is 4.83. The topological polar surface area (TPSA) is 61.8 Å². The summed E-state index contributed by atoms with van der Waals surface area (Å²) in [6.07, 6.45) is 0. The van der Waals surface area contributed by atoms with Crippen LogP contribution in [0.2, 0.25) is 0 Å². The monoisotopic (exact) mass is 120 g/mol. The Morgan fingerprint density at radius 3 is 2.00 bits per heavy atom. The van der Waals surface area contributed by atoms with E-state index in [4.69, 9.17) is 0 Å². The minimum absolute atomic E-state index is 0.222. The van der Waals surface area contributed by atoms with Crippen LogP contribution in [-0.4, -0.2) is 31.1 Å². The number of rotatable bonds is 3. The summed E-state index contributed by atoms with van der Waals surface area (Å²) in [7, 11) is 2.44. The third kappa shape index (κ3) is 5.80. The van der Waals surface area contributed by atoms with Crippen molar-refractivity contribution in [2.45, 2.75) is 0 Å². The van der Waals surface area contributed by atoms with Crippen LogP contribution in [-0.2, 0) is 4.84 Å². The summed E-state index contributed by atoms with van der Waals surface area (Å²) in [6.45, 7) is -0.222. The Bertz CT molecular complexity index is 48.5. The quantitative estimate of drug-likeness (QED) is 0.379. The zero-order valence-electron chi connectivity index (χ0n) is 4.83. The van der Waals surface area contributed by atoms with Crippen molar-refractivity contribution in [3.8, 4) is 0 Å². The molecule has 8 heavy (non-hydrogen) atoms. The summed E-state index contributed by atoms with van der Waals surface area (Å²) in [6, 6.07) is 0. The third-order valence-corrected chi connectivity index (χ3v) is 0.421. The van der Waals surface area contributed by atoms with Crippen molar-refractivity contribution < 1.29 is 4.84 Å². The van der Waals surface area contributed by atoms with Gasteiger partial charge in [-0.2, -0.15) is 0 Å². The Balaban J connectivity index is 2.93. The fourth-order valence-electron chi connectivity index (χ4n) is 0.163. The van der Waals surface area contributed by atoms with Crippen LogP contribution in [0.1, 0.15) is 0 Å². The van der Waals surface area contributed by atoms with E-state index in [1.807, 2.05) is 0 Å². The van der Waals surface area contributed by atoms with Crippen molar-refractivity contribution in [1.82, 2.24) is 10.3 Å². The first-order valence-electron chi connectivity index (χ1n) is 2.05. The Hall–Kier alpha value is -0.200. The van der Waals surface area contributed by atoms with Gasteiger partial charge in [0.25, 0.3) is 0 Å². The molecule has 0 aromatic heterocycles. The highest BCUT2D eigenvalue weighted by atomic mass is 16.9.